The van der Waals surface area contributed by atoms with Crippen LogP contribution in [0.3, 0.4) is 0 Å². The first kappa shape index (κ1) is 18.7. The van der Waals surface area contributed by atoms with E-state index in [0.29, 0.717) is 12.4 Å². The molecule has 1 aromatic carbocycles. The quantitative estimate of drug-likeness (QED) is 0.753. The summed E-state index contributed by atoms with van der Waals surface area (Å²) in [5.41, 5.74) is 1.13. The summed E-state index contributed by atoms with van der Waals surface area (Å²) >= 11 is 0. The molecule has 2 heterocycles. The van der Waals surface area contributed by atoms with Crippen LogP contribution in [0.5, 0.6) is 0 Å². The number of rotatable bonds is 5. The molecule has 0 aliphatic carbocycles. The average molecular weight is 363 g/mol. The van der Waals surface area contributed by atoms with Gasteiger partial charge in [-0.1, -0.05) is 55.3 Å². The Labute approximate surface area is 152 Å². The van der Waals surface area contributed by atoms with Crippen LogP contribution in [0.1, 0.15) is 37.1 Å². The van der Waals surface area contributed by atoms with Gasteiger partial charge in [-0.3, -0.25) is 4.90 Å². The van der Waals surface area contributed by atoms with Crippen LogP contribution in [0.15, 0.2) is 48.8 Å². The predicted molar refractivity (Wildman–Crippen MR) is 96.4 cm³/mol. The first-order valence-corrected chi connectivity index (χ1v) is 9.05. The maximum absolute atomic E-state index is 12.8. The van der Waals surface area contributed by atoms with Crippen molar-refractivity contribution < 1.29 is 13.2 Å². The number of benzene rings is 1. The first-order valence-electron chi connectivity index (χ1n) is 9.05. The summed E-state index contributed by atoms with van der Waals surface area (Å²) in [7, 11) is 0. The van der Waals surface area contributed by atoms with Crippen LogP contribution in [0.4, 0.5) is 13.2 Å². The van der Waals surface area contributed by atoms with Crippen molar-refractivity contribution in [3.63, 3.8) is 0 Å². The van der Waals surface area contributed by atoms with Crippen molar-refractivity contribution in [1.82, 2.24) is 14.5 Å². The Morgan fingerprint density at radius 1 is 1.12 bits per heavy atom. The number of hydrogen-bond acceptors (Lipinski definition) is 2. The summed E-state index contributed by atoms with van der Waals surface area (Å²) in [6.45, 7) is 0.330. The third-order valence-electron chi connectivity index (χ3n) is 4.72. The van der Waals surface area contributed by atoms with Gasteiger partial charge in [0, 0.05) is 18.4 Å². The van der Waals surface area contributed by atoms with E-state index in [4.69, 9.17) is 0 Å². The highest BCUT2D eigenvalue weighted by atomic mass is 19.4. The minimum absolute atomic E-state index is 0.216. The summed E-state index contributed by atoms with van der Waals surface area (Å²) < 4.78 is 39.5. The van der Waals surface area contributed by atoms with Crippen molar-refractivity contribution in [2.45, 2.75) is 51.0 Å². The number of aromatic nitrogens is 2. The number of hydrogen-bond donors (Lipinski definition) is 0. The summed E-state index contributed by atoms with van der Waals surface area (Å²) in [5.74, 6) is 0.474. The van der Waals surface area contributed by atoms with Crippen LogP contribution in [0.2, 0.25) is 0 Å². The van der Waals surface area contributed by atoms with Gasteiger partial charge < -0.3 is 4.57 Å². The van der Waals surface area contributed by atoms with Gasteiger partial charge in [-0.15, -0.1) is 0 Å². The third kappa shape index (κ3) is 5.46. The van der Waals surface area contributed by atoms with Gasteiger partial charge >= 0.3 is 6.18 Å². The van der Waals surface area contributed by atoms with E-state index < -0.39 is 12.7 Å². The zero-order chi connectivity index (χ0) is 18.4. The zero-order valence-corrected chi connectivity index (χ0v) is 14.7. The Kier molecular flexibility index (Phi) is 6.14. The average Bonchev–Trinajstić information content (AvgIpc) is 2.89. The molecule has 6 heteroatoms. The Balaban J connectivity index is 1.73. The zero-order valence-electron chi connectivity index (χ0n) is 14.7. The van der Waals surface area contributed by atoms with Gasteiger partial charge in [0.25, 0.3) is 0 Å². The lowest BCUT2D eigenvalue weighted by molar-refractivity contribution is -0.141. The van der Waals surface area contributed by atoms with E-state index in [1.165, 1.54) is 17.0 Å². The molecule has 0 amide bonds. The molecule has 0 N–H and O–H groups in total. The van der Waals surface area contributed by atoms with E-state index in [1.54, 1.807) is 0 Å². The maximum Gasteiger partial charge on any atom is 0.406 e. The SMILES string of the molecule is FC(F)(F)Cn1ccnc1CN1CCCCCC1/C=C/c1ccccc1. The Hall–Kier alpha value is -2.08. The topological polar surface area (TPSA) is 21.1 Å². The lowest BCUT2D eigenvalue weighted by atomic mass is 10.1. The minimum atomic E-state index is -4.24. The molecule has 1 fully saturated rings. The standard InChI is InChI=1S/C20H24F3N3/c21-20(22,23)16-26-14-12-24-19(26)15-25-13-6-2-5-9-18(25)11-10-17-7-3-1-4-8-17/h1,3-4,7-8,10-12,14,18H,2,5-6,9,13,15-16H2/b11-10+. The number of imidazole rings is 1. The van der Waals surface area contributed by atoms with Crippen molar-refractivity contribution in [3.8, 4) is 0 Å². The normalized spacial score (nSPS) is 19.7. The monoisotopic (exact) mass is 363 g/mol. The molecule has 26 heavy (non-hydrogen) atoms. The Bertz CT molecular complexity index is 707. The van der Waals surface area contributed by atoms with E-state index >= 15 is 0 Å². The van der Waals surface area contributed by atoms with Crippen molar-refractivity contribution in [2.24, 2.45) is 0 Å². The van der Waals surface area contributed by atoms with Gasteiger partial charge in [0.15, 0.2) is 0 Å². The number of nitrogens with zero attached hydrogens (tertiary/aromatic N) is 3. The molecule has 0 radical (unpaired) electrons. The Morgan fingerprint density at radius 2 is 1.92 bits per heavy atom. The molecular weight excluding hydrogens is 339 g/mol. The Morgan fingerprint density at radius 3 is 2.69 bits per heavy atom. The number of likely N-dealkylation sites (tertiary alicyclic amines) is 1. The third-order valence-corrected chi connectivity index (χ3v) is 4.72. The fraction of sp³-hybridized carbons (Fsp3) is 0.450. The lowest BCUT2D eigenvalue weighted by Gasteiger charge is -2.27. The molecule has 0 bridgehead atoms. The largest absolute Gasteiger partial charge is 0.406 e. The van der Waals surface area contributed by atoms with Crippen LogP contribution in [0, 0.1) is 0 Å². The number of alkyl halides is 3. The van der Waals surface area contributed by atoms with E-state index in [0.717, 1.165) is 37.8 Å². The van der Waals surface area contributed by atoms with Gasteiger partial charge in [-0.05, 0) is 24.9 Å². The van der Waals surface area contributed by atoms with Crippen molar-refractivity contribution in [3.05, 3.63) is 60.2 Å². The molecular formula is C20H24F3N3. The van der Waals surface area contributed by atoms with Gasteiger partial charge in [0.2, 0.25) is 0 Å². The second-order valence-electron chi connectivity index (χ2n) is 6.74. The lowest BCUT2D eigenvalue weighted by Crippen LogP contribution is -2.34. The number of halogens is 3. The van der Waals surface area contributed by atoms with Gasteiger partial charge in [0.05, 0.1) is 6.54 Å². The second kappa shape index (κ2) is 8.54. The van der Waals surface area contributed by atoms with Crippen LogP contribution in [-0.4, -0.2) is 33.2 Å². The van der Waals surface area contributed by atoms with Crippen molar-refractivity contribution in [1.29, 1.82) is 0 Å². The molecule has 2 aromatic rings. The molecule has 3 nitrogen and oxygen atoms in total. The van der Waals surface area contributed by atoms with Crippen molar-refractivity contribution >= 4 is 6.08 Å². The van der Waals surface area contributed by atoms with Gasteiger partial charge in [0.1, 0.15) is 12.4 Å². The predicted octanol–water partition coefficient (Wildman–Crippen LogP) is 4.90. The molecule has 1 aliphatic rings. The van der Waals surface area contributed by atoms with Crippen LogP contribution < -0.4 is 0 Å². The van der Waals surface area contributed by atoms with E-state index in [9.17, 15) is 13.2 Å². The smallest absolute Gasteiger partial charge is 0.325 e. The van der Waals surface area contributed by atoms with E-state index in [-0.39, 0.29) is 6.04 Å². The highest BCUT2D eigenvalue weighted by Gasteiger charge is 2.29. The highest BCUT2D eigenvalue weighted by molar-refractivity contribution is 5.49. The summed E-state index contributed by atoms with van der Waals surface area (Å²) in [6, 6.07) is 10.3. The molecule has 140 valence electrons. The highest BCUT2D eigenvalue weighted by Crippen LogP contribution is 2.23. The molecule has 0 saturated carbocycles. The molecule has 1 saturated heterocycles. The molecule has 3 rings (SSSR count). The fourth-order valence-corrected chi connectivity index (χ4v) is 3.40. The van der Waals surface area contributed by atoms with Gasteiger partial charge in [-0.25, -0.2) is 4.98 Å². The molecule has 1 aliphatic heterocycles. The van der Waals surface area contributed by atoms with Crippen LogP contribution in [0.25, 0.3) is 6.08 Å². The van der Waals surface area contributed by atoms with E-state index in [1.807, 2.05) is 30.3 Å². The summed E-state index contributed by atoms with van der Waals surface area (Å²) in [5, 5.41) is 0. The van der Waals surface area contributed by atoms with Crippen LogP contribution in [-0.2, 0) is 13.1 Å². The maximum atomic E-state index is 12.8. The van der Waals surface area contributed by atoms with Gasteiger partial charge in [-0.2, -0.15) is 13.2 Å². The molecule has 0 spiro atoms. The van der Waals surface area contributed by atoms with E-state index in [2.05, 4.69) is 22.0 Å². The van der Waals surface area contributed by atoms with Crippen molar-refractivity contribution in [2.75, 3.05) is 6.54 Å². The summed E-state index contributed by atoms with van der Waals surface area (Å²) in [4.78, 5) is 6.43. The molecule has 1 atom stereocenters. The fourth-order valence-electron chi connectivity index (χ4n) is 3.40. The first-order chi connectivity index (χ1) is 12.5. The molecule has 1 unspecified atom stereocenters. The summed E-state index contributed by atoms with van der Waals surface area (Å²) in [6.07, 6.45) is 7.28. The van der Waals surface area contributed by atoms with Crippen LogP contribution >= 0.6 is 0 Å². The minimum Gasteiger partial charge on any atom is -0.325 e. The molecule has 1 aromatic heterocycles. The second-order valence-corrected chi connectivity index (χ2v) is 6.74.